The molecule has 1 fully saturated rings. The third-order valence-electron chi connectivity index (χ3n) is 2.99. The van der Waals surface area contributed by atoms with Gasteiger partial charge in [-0.15, -0.1) is 0 Å². The summed E-state index contributed by atoms with van der Waals surface area (Å²) in [7, 11) is 0. The van der Waals surface area contributed by atoms with Gasteiger partial charge in [0.25, 0.3) is 0 Å². The fraction of sp³-hybridized carbons (Fsp3) is 1.00. The zero-order chi connectivity index (χ0) is 8.32. The maximum absolute atomic E-state index is 8.86. The van der Waals surface area contributed by atoms with Crippen molar-refractivity contribution in [3.05, 3.63) is 0 Å². The van der Waals surface area contributed by atoms with Gasteiger partial charge < -0.3 is 9.84 Å². The SMILES string of the molecule is CCC1(CC)CO[C@@H](CO)C1. The summed E-state index contributed by atoms with van der Waals surface area (Å²) in [6, 6.07) is 0. The molecular weight excluding hydrogens is 140 g/mol. The minimum absolute atomic E-state index is 0.106. The van der Waals surface area contributed by atoms with Gasteiger partial charge in [-0.3, -0.25) is 0 Å². The lowest BCUT2D eigenvalue weighted by molar-refractivity contribution is 0.0520. The Balaban J connectivity index is 2.48. The molecule has 0 amide bonds. The van der Waals surface area contributed by atoms with Gasteiger partial charge in [0, 0.05) is 0 Å². The molecule has 0 aliphatic carbocycles. The molecule has 2 heteroatoms. The minimum Gasteiger partial charge on any atom is -0.394 e. The van der Waals surface area contributed by atoms with Gasteiger partial charge in [0.15, 0.2) is 0 Å². The van der Waals surface area contributed by atoms with Gasteiger partial charge in [-0.05, 0) is 24.7 Å². The third kappa shape index (κ3) is 1.74. The smallest absolute Gasteiger partial charge is 0.0812 e. The van der Waals surface area contributed by atoms with Crippen LogP contribution in [0.3, 0.4) is 0 Å². The fourth-order valence-corrected chi connectivity index (χ4v) is 1.76. The zero-order valence-electron chi connectivity index (χ0n) is 7.47. The number of hydrogen-bond acceptors (Lipinski definition) is 2. The quantitative estimate of drug-likeness (QED) is 0.675. The largest absolute Gasteiger partial charge is 0.394 e. The van der Waals surface area contributed by atoms with E-state index in [2.05, 4.69) is 13.8 Å². The molecule has 0 aromatic heterocycles. The van der Waals surface area contributed by atoms with Gasteiger partial charge in [0.1, 0.15) is 0 Å². The summed E-state index contributed by atoms with van der Waals surface area (Å²) in [6.07, 6.45) is 3.48. The first-order chi connectivity index (χ1) is 5.26. The summed E-state index contributed by atoms with van der Waals surface area (Å²) in [5, 5.41) is 8.86. The molecule has 1 N–H and O–H groups in total. The van der Waals surface area contributed by atoms with Crippen LogP contribution in [0.15, 0.2) is 0 Å². The molecule has 0 saturated carbocycles. The molecule has 0 unspecified atom stereocenters. The molecule has 1 saturated heterocycles. The topological polar surface area (TPSA) is 29.5 Å². The molecule has 11 heavy (non-hydrogen) atoms. The van der Waals surface area contributed by atoms with E-state index in [1.54, 1.807) is 0 Å². The van der Waals surface area contributed by atoms with E-state index in [-0.39, 0.29) is 12.7 Å². The molecule has 1 heterocycles. The summed E-state index contributed by atoms with van der Waals surface area (Å²) < 4.78 is 5.45. The van der Waals surface area contributed by atoms with Gasteiger partial charge in [0.2, 0.25) is 0 Å². The first-order valence-corrected chi connectivity index (χ1v) is 4.49. The molecule has 0 aromatic carbocycles. The van der Waals surface area contributed by atoms with Crippen molar-refractivity contribution in [1.29, 1.82) is 0 Å². The van der Waals surface area contributed by atoms with Gasteiger partial charge in [-0.25, -0.2) is 0 Å². The molecular formula is C9H18O2. The van der Waals surface area contributed by atoms with E-state index in [0.29, 0.717) is 5.41 Å². The van der Waals surface area contributed by atoms with Crippen LogP contribution in [0, 0.1) is 5.41 Å². The van der Waals surface area contributed by atoms with E-state index < -0.39 is 0 Å². The second-order valence-electron chi connectivity index (χ2n) is 3.53. The van der Waals surface area contributed by atoms with Gasteiger partial charge >= 0.3 is 0 Å². The predicted molar refractivity (Wildman–Crippen MR) is 44.5 cm³/mol. The number of rotatable bonds is 3. The minimum atomic E-state index is 0.106. The van der Waals surface area contributed by atoms with Gasteiger partial charge in [-0.2, -0.15) is 0 Å². The standard InChI is InChI=1S/C9H18O2/c1-3-9(4-2)5-8(6-10)11-7-9/h8,10H,3-7H2,1-2H3/t8-/m1/s1. The summed E-state index contributed by atoms with van der Waals surface area (Å²) in [5.74, 6) is 0. The number of hydrogen-bond donors (Lipinski definition) is 1. The van der Waals surface area contributed by atoms with Crippen LogP contribution in [-0.4, -0.2) is 24.4 Å². The average Bonchev–Trinajstić information content (AvgIpc) is 2.49. The first kappa shape index (κ1) is 9.01. The number of aliphatic hydroxyl groups is 1. The highest BCUT2D eigenvalue weighted by Gasteiger charge is 2.36. The normalized spacial score (nSPS) is 29.2. The van der Waals surface area contributed by atoms with Crippen molar-refractivity contribution in [1.82, 2.24) is 0 Å². The van der Waals surface area contributed by atoms with Gasteiger partial charge in [-0.1, -0.05) is 13.8 Å². The summed E-state index contributed by atoms with van der Waals surface area (Å²) in [4.78, 5) is 0. The highest BCUT2D eigenvalue weighted by molar-refractivity contribution is 4.85. The Kier molecular flexibility index (Phi) is 2.90. The van der Waals surface area contributed by atoms with Crippen LogP contribution in [0.1, 0.15) is 33.1 Å². The van der Waals surface area contributed by atoms with E-state index in [9.17, 15) is 0 Å². The summed E-state index contributed by atoms with van der Waals surface area (Å²) in [5.41, 5.74) is 0.368. The summed E-state index contributed by atoms with van der Waals surface area (Å²) in [6.45, 7) is 5.42. The molecule has 0 spiro atoms. The molecule has 66 valence electrons. The highest BCUT2D eigenvalue weighted by Crippen LogP contribution is 2.38. The van der Waals surface area contributed by atoms with E-state index >= 15 is 0 Å². The highest BCUT2D eigenvalue weighted by atomic mass is 16.5. The van der Waals surface area contributed by atoms with Crippen LogP contribution < -0.4 is 0 Å². The average molecular weight is 158 g/mol. The van der Waals surface area contributed by atoms with Crippen molar-refractivity contribution in [3.8, 4) is 0 Å². The van der Waals surface area contributed by atoms with E-state index in [1.165, 1.54) is 12.8 Å². The van der Waals surface area contributed by atoms with E-state index in [1.807, 2.05) is 0 Å². The van der Waals surface area contributed by atoms with Crippen molar-refractivity contribution in [2.24, 2.45) is 5.41 Å². The van der Waals surface area contributed by atoms with Crippen LogP contribution in [-0.2, 0) is 4.74 Å². The Morgan fingerprint density at radius 1 is 1.45 bits per heavy atom. The maximum atomic E-state index is 8.86. The van der Waals surface area contributed by atoms with Crippen LogP contribution in [0.25, 0.3) is 0 Å². The lowest BCUT2D eigenvalue weighted by atomic mass is 9.80. The second-order valence-corrected chi connectivity index (χ2v) is 3.53. The molecule has 0 aromatic rings. The molecule has 0 radical (unpaired) electrons. The Hall–Kier alpha value is -0.0800. The molecule has 1 aliphatic heterocycles. The Bertz CT molecular complexity index is 119. The first-order valence-electron chi connectivity index (χ1n) is 4.49. The lowest BCUT2D eigenvalue weighted by Gasteiger charge is -2.23. The Labute approximate surface area is 68.6 Å². The lowest BCUT2D eigenvalue weighted by Crippen LogP contribution is -2.19. The summed E-state index contributed by atoms with van der Waals surface area (Å²) >= 11 is 0. The third-order valence-corrected chi connectivity index (χ3v) is 2.99. The fourth-order valence-electron chi connectivity index (χ4n) is 1.76. The number of ether oxygens (including phenoxy) is 1. The Morgan fingerprint density at radius 2 is 2.09 bits per heavy atom. The maximum Gasteiger partial charge on any atom is 0.0812 e. The molecule has 1 aliphatic rings. The number of aliphatic hydroxyl groups excluding tert-OH is 1. The zero-order valence-corrected chi connectivity index (χ0v) is 7.47. The molecule has 2 nitrogen and oxygen atoms in total. The van der Waals surface area contributed by atoms with Crippen LogP contribution >= 0.6 is 0 Å². The predicted octanol–water partition coefficient (Wildman–Crippen LogP) is 1.57. The van der Waals surface area contributed by atoms with Crippen LogP contribution in [0.2, 0.25) is 0 Å². The molecule has 1 atom stereocenters. The van der Waals surface area contributed by atoms with E-state index in [4.69, 9.17) is 9.84 Å². The van der Waals surface area contributed by atoms with Gasteiger partial charge in [0.05, 0.1) is 19.3 Å². The monoisotopic (exact) mass is 158 g/mol. The second kappa shape index (κ2) is 3.55. The molecule has 0 bridgehead atoms. The molecule has 1 rings (SSSR count). The van der Waals surface area contributed by atoms with Crippen molar-refractivity contribution < 1.29 is 9.84 Å². The van der Waals surface area contributed by atoms with E-state index in [0.717, 1.165) is 13.0 Å². The van der Waals surface area contributed by atoms with Crippen molar-refractivity contribution in [2.75, 3.05) is 13.2 Å². The van der Waals surface area contributed by atoms with Crippen LogP contribution in [0.5, 0.6) is 0 Å². The van der Waals surface area contributed by atoms with Crippen molar-refractivity contribution >= 4 is 0 Å². The van der Waals surface area contributed by atoms with Crippen molar-refractivity contribution in [2.45, 2.75) is 39.2 Å². The Morgan fingerprint density at radius 3 is 2.36 bits per heavy atom. The van der Waals surface area contributed by atoms with Crippen LogP contribution in [0.4, 0.5) is 0 Å². The van der Waals surface area contributed by atoms with Crippen molar-refractivity contribution in [3.63, 3.8) is 0 Å².